The summed E-state index contributed by atoms with van der Waals surface area (Å²) in [6, 6.07) is 10.8. The van der Waals surface area contributed by atoms with Crippen molar-refractivity contribution in [1.82, 2.24) is 15.5 Å². The van der Waals surface area contributed by atoms with E-state index in [1.807, 2.05) is 26.0 Å². The first-order chi connectivity index (χ1) is 13.9. The highest BCUT2D eigenvalue weighted by Gasteiger charge is 2.12. The number of amides is 3. The molecule has 0 saturated heterocycles. The normalized spacial score (nSPS) is 10.4. The number of halogens is 1. The zero-order valence-electron chi connectivity index (χ0n) is 15.7. The number of rotatable bonds is 6. The Kier molecular flexibility index (Phi) is 6.78. The fourth-order valence-electron chi connectivity index (χ4n) is 2.31. The van der Waals surface area contributed by atoms with E-state index in [1.165, 1.54) is 35.2 Å². The van der Waals surface area contributed by atoms with Crippen LogP contribution in [0.5, 0.6) is 0 Å². The SMILES string of the molecule is Cc1cccc(NC(=O)NC(=O)CSc2nnc(Nc3ccc(F)cc3)s2)c1C. The predicted molar refractivity (Wildman–Crippen MR) is 113 cm³/mol. The van der Waals surface area contributed by atoms with Gasteiger partial charge in [-0.3, -0.25) is 10.1 Å². The van der Waals surface area contributed by atoms with Crippen LogP contribution in [0, 0.1) is 19.7 Å². The first-order valence-corrected chi connectivity index (χ1v) is 10.4. The summed E-state index contributed by atoms with van der Waals surface area (Å²) < 4.78 is 13.5. The van der Waals surface area contributed by atoms with E-state index < -0.39 is 11.9 Å². The highest BCUT2D eigenvalue weighted by molar-refractivity contribution is 8.01. The van der Waals surface area contributed by atoms with Gasteiger partial charge in [-0.1, -0.05) is 35.2 Å². The quantitative estimate of drug-likeness (QED) is 0.498. The lowest BCUT2D eigenvalue weighted by Gasteiger charge is -2.10. The maximum absolute atomic E-state index is 12.9. The minimum Gasteiger partial charge on any atom is -0.330 e. The second-order valence-corrected chi connectivity index (χ2v) is 8.24. The van der Waals surface area contributed by atoms with E-state index in [-0.39, 0.29) is 11.6 Å². The van der Waals surface area contributed by atoms with Crippen LogP contribution in [0.1, 0.15) is 11.1 Å². The van der Waals surface area contributed by atoms with E-state index in [9.17, 15) is 14.0 Å². The molecule has 29 heavy (non-hydrogen) atoms. The molecule has 150 valence electrons. The first kappa shape index (κ1) is 20.7. The maximum atomic E-state index is 12.9. The van der Waals surface area contributed by atoms with Crippen LogP contribution in [0.15, 0.2) is 46.8 Å². The van der Waals surface area contributed by atoms with Crippen molar-refractivity contribution in [3.63, 3.8) is 0 Å². The lowest BCUT2D eigenvalue weighted by molar-refractivity contribution is -0.117. The average Bonchev–Trinajstić information content (AvgIpc) is 3.13. The van der Waals surface area contributed by atoms with Crippen molar-refractivity contribution < 1.29 is 14.0 Å². The number of hydrogen-bond donors (Lipinski definition) is 3. The average molecular weight is 432 g/mol. The zero-order valence-corrected chi connectivity index (χ0v) is 17.3. The number of thioether (sulfide) groups is 1. The Balaban J connectivity index is 1.47. The Morgan fingerprint density at radius 1 is 1.10 bits per heavy atom. The third-order valence-electron chi connectivity index (χ3n) is 3.93. The molecular formula is C19H18FN5O2S2. The highest BCUT2D eigenvalue weighted by atomic mass is 32.2. The zero-order chi connectivity index (χ0) is 20.8. The van der Waals surface area contributed by atoms with Gasteiger partial charge in [0.15, 0.2) is 4.34 Å². The molecule has 0 atom stereocenters. The van der Waals surface area contributed by atoms with Gasteiger partial charge in [0.05, 0.1) is 5.75 Å². The Hall–Kier alpha value is -2.98. The van der Waals surface area contributed by atoms with Gasteiger partial charge in [-0.15, -0.1) is 10.2 Å². The number of urea groups is 1. The van der Waals surface area contributed by atoms with E-state index in [1.54, 1.807) is 18.2 Å². The molecule has 0 radical (unpaired) electrons. The molecule has 3 amide bonds. The third-order valence-corrected chi connectivity index (χ3v) is 5.91. The number of nitrogens with one attached hydrogen (secondary N) is 3. The number of nitrogens with zero attached hydrogens (tertiary/aromatic N) is 2. The van der Waals surface area contributed by atoms with Crippen LogP contribution < -0.4 is 16.0 Å². The largest absolute Gasteiger partial charge is 0.330 e. The van der Waals surface area contributed by atoms with Crippen LogP contribution >= 0.6 is 23.1 Å². The number of aromatic nitrogens is 2. The molecule has 3 aromatic rings. The smallest absolute Gasteiger partial charge is 0.325 e. The molecule has 0 aliphatic carbocycles. The summed E-state index contributed by atoms with van der Waals surface area (Å²) >= 11 is 2.42. The molecule has 7 nitrogen and oxygen atoms in total. The van der Waals surface area contributed by atoms with Gasteiger partial charge >= 0.3 is 6.03 Å². The first-order valence-electron chi connectivity index (χ1n) is 8.56. The molecule has 3 N–H and O–H groups in total. The van der Waals surface area contributed by atoms with Gasteiger partial charge < -0.3 is 10.6 Å². The van der Waals surface area contributed by atoms with E-state index in [0.29, 0.717) is 20.8 Å². The molecule has 1 heterocycles. The van der Waals surface area contributed by atoms with Crippen LogP contribution in [0.4, 0.5) is 25.7 Å². The second-order valence-electron chi connectivity index (χ2n) is 6.04. The van der Waals surface area contributed by atoms with Gasteiger partial charge in [0.25, 0.3) is 0 Å². The van der Waals surface area contributed by atoms with Gasteiger partial charge in [-0.2, -0.15) is 0 Å². The lowest BCUT2D eigenvalue weighted by Crippen LogP contribution is -2.35. The van der Waals surface area contributed by atoms with Crippen molar-refractivity contribution in [1.29, 1.82) is 0 Å². The molecule has 3 rings (SSSR count). The standard InChI is InChI=1S/C19H18FN5O2S2/c1-11-4-3-5-15(12(11)2)22-17(27)23-16(26)10-28-19-25-24-18(29-19)21-14-8-6-13(20)7-9-14/h3-9H,10H2,1-2H3,(H,21,24)(H2,22,23,26,27). The van der Waals surface area contributed by atoms with Crippen molar-refractivity contribution in [3.05, 3.63) is 59.4 Å². The minimum atomic E-state index is -0.583. The van der Waals surface area contributed by atoms with Crippen molar-refractivity contribution in [2.45, 2.75) is 18.2 Å². The van der Waals surface area contributed by atoms with E-state index in [0.717, 1.165) is 11.1 Å². The summed E-state index contributed by atoms with van der Waals surface area (Å²) in [6.45, 7) is 3.84. The molecule has 0 aliphatic rings. The third kappa shape index (κ3) is 6.00. The minimum absolute atomic E-state index is 0.0192. The van der Waals surface area contributed by atoms with Crippen LogP contribution in [0.2, 0.25) is 0 Å². The van der Waals surface area contributed by atoms with Crippen molar-refractivity contribution in [3.8, 4) is 0 Å². The topological polar surface area (TPSA) is 96.0 Å². The molecule has 0 aliphatic heterocycles. The molecule has 0 unspecified atom stereocenters. The fourth-order valence-corrected chi connectivity index (χ4v) is 3.88. The fraction of sp³-hybridized carbons (Fsp3) is 0.158. The molecule has 10 heteroatoms. The second kappa shape index (κ2) is 9.48. The Morgan fingerprint density at radius 3 is 2.62 bits per heavy atom. The van der Waals surface area contributed by atoms with Crippen LogP contribution in [0.3, 0.4) is 0 Å². The van der Waals surface area contributed by atoms with Crippen LogP contribution in [0.25, 0.3) is 0 Å². The van der Waals surface area contributed by atoms with E-state index in [2.05, 4.69) is 26.1 Å². The summed E-state index contributed by atoms with van der Waals surface area (Å²) in [5, 5.41) is 16.5. The predicted octanol–water partition coefficient (Wildman–Crippen LogP) is 4.48. The molecular weight excluding hydrogens is 413 g/mol. The molecule has 0 fully saturated rings. The molecule has 0 bridgehead atoms. The van der Waals surface area contributed by atoms with Gasteiger partial charge in [0, 0.05) is 11.4 Å². The number of hydrogen-bond acceptors (Lipinski definition) is 7. The molecule has 1 aromatic heterocycles. The summed E-state index contributed by atoms with van der Waals surface area (Å²) in [6.07, 6.45) is 0. The van der Waals surface area contributed by atoms with E-state index in [4.69, 9.17) is 0 Å². The lowest BCUT2D eigenvalue weighted by atomic mass is 10.1. The molecule has 2 aromatic carbocycles. The number of benzene rings is 2. The number of aryl methyl sites for hydroxylation is 1. The molecule has 0 saturated carbocycles. The highest BCUT2D eigenvalue weighted by Crippen LogP contribution is 2.27. The molecule has 0 spiro atoms. The summed E-state index contributed by atoms with van der Waals surface area (Å²) in [7, 11) is 0. The number of anilines is 3. The Labute approximate surface area is 175 Å². The van der Waals surface area contributed by atoms with Crippen molar-refractivity contribution in [2.24, 2.45) is 0 Å². The maximum Gasteiger partial charge on any atom is 0.325 e. The van der Waals surface area contributed by atoms with Crippen molar-refractivity contribution >= 4 is 51.5 Å². The van der Waals surface area contributed by atoms with Gasteiger partial charge in [-0.25, -0.2) is 9.18 Å². The van der Waals surface area contributed by atoms with Gasteiger partial charge in [0.1, 0.15) is 5.82 Å². The summed E-state index contributed by atoms with van der Waals surface area (Å²) in [5.41, 5.74) is 3.33. The van der Waals surface area contributed by atoms with Gasteiger partial charge in [0.2, 0.25) is 11.0 Å². The van der Waals surface area contributed by atoms with E-state index >= 15 is 0 Å². The van der Waals surface area contributed by atoms with Crippen LogP contribution in [-0.2, 0) is 4.79 Å². The van der Waals surface area contributed by atoms with Crippen molar-refractivity contribution in [2.75, 3.05) is 16.4 Å². The number of imide groups is 1. The Bertz CT molecular complexity index is 1020. The van der Waals surface area contributed by atoms with Crippen LogP contribution in [-0.4, -0.2) is 27.9 Å². The van der Waals surface area contributed by atoms with Gasteiger partial charge in [-0.05, 0) is 55.3 Å². The summed E-state index contributed by atoms with van der Waals surface area (Å²) in [4.78, 5) is 24.0. The number of carbonyl (C=O) groups is 2. The monoisotopic (exact) mass is 431 g/mol. The summed E-state index contributed by atoms with van der Waals surface area (Å²) in [5.74, 6) is -0.747. The number of carbonyl (C=O) groups excluding carboxylic acids is 2. The Morgan fingerprint density at radius 2 is 1.86 bits per heavy atom.